The zero-order valence-electron chi connectivity index (χ0n) is 19.7. The first-order valence-corrected chi connectivity index (χ1v) is 11.1. The number of hydrogen-bond donors (Lipinski definition) is 1. The molecule has 2 rings (SSSR count). The number of nitrogens with one attached hydrogen (secondary N) is 1. The lowest BCUT2D eigenvalue weighted by Crippen LogP contribution is -2.51. The SMILES string of the molecule is CCC(C)NC(=O)C(CC)N(Cc1cccc(OC)c1)C(=O)Cc1cc(C)ccc1C. The van der Waals surface area contributed by atoms with Gasteiger partial charge < -0.3 is 15.0 Å². The minimum atomic E-state index is -0.530. The standard InChI is InChI=1S/C26H36N2O3/c1-7-20(5)27-26(30)24(8-2)28(17-21-10-9-11-23(15-21)31-6)25(29)16-22-14-18(3)12-13-19(22)4/h9-15,20,24H,7-8,16-17H2,1-6H3,(H,27,30). The van der Waals surface area contributed by atoms with Gasteiger partial charge in [-0.3, -0.25) is 9.59 Å². The number of hydrogen-bond acceptors (Lipinski definition) is 3. The third-order valence-electron chi connectivity index (χ3n) is 5.72. The molecule has 0 aromatic heterocycles. The molecule has 0 radical (unpaired) electrons. The van der Waals surface area contributed by atoms with Crippen LogP contribution in [0, 0.1) is 13.8 Å². The van der Waals surface area contributed by atoms with E-state index >= 15 is 0 Å². The molecule has 2 aromatic carbocycles. The molecular weight excluding hydrogens is 388 g/mol. The molecule has 0 bridgehead atoms. The van der Waals surface area contributed by atoms with Gasteiger partial charge in [0.15, 0.2) is 0 Å². The number of methoxy groups -OCH3 is 1. The predicted octanol–water partition coefficient (Wildman–Crippen LogP) is 4.58. The minimum absolute atomic E-state index is 0.0531. The summed E-state index contributed by atoms with van der Waals surface area (Å²) in [5, 5.41) is 3.05. The molecule has 1 N–H and O–H groups in total. The fourth-order valence-corrected chi connectivity index (χ4v) is 3.58. The second-order valence-electron chi connectivity index (χ2n) is 8.22. The lowest BCUT2D eigenvalue weighted by atomic mass is 10.0. The Morgan fingerprint density at radius 2 is 1.81 bits per heavy atom. The molecule has 5 heteroatoms. The van der Waals surface area contributed by atoms with Gasteiger partial charge in [0.25, 0.3) is 0 Å². The first-order chi connectivity index (χ1) is 14.8. The Hall–Kier alpha value is -2.82. The smallest absolute Gasteiger partial charge is 0.243 e. The van der Waals surface area contributed by atoms with Crippen LogP contribution in [0.5, 0.6) is 5.75 Å². The van der Waals surface area contributed by atoms with Gasteiger partial charge in [-0.15, -0.1) is 0 Å². The van der Waals surface area contributed by atoms with E-state index in [2.05, 4.69) is 11.4 Å². The maximum atomic E-state index is 13.5. The number of carbonyl (C=O) groups excluding carboxylic acids is 2. The first-order valence-electron chi connectivity index (χ1n) is 11.1. The topological polar surface area (TPSA) is 58.6 Å². The highest BCUT2D eigenvalue weighted by Gasteiger charge is 2.29. The number of benzene rings is 2. The van der Waals surface area contributed by atoms with Crippen LogP contribution >= 0.6 is 0 Å². The van der Waals surface area contributed by atoms with Gasteiger partial charge in [-0.25, -0.2) is 0 Å². The van der Waals surface area contributed by atoms with Gasteiger partial charge in [0.1, 0.15) is 11.8 Å². The second-order valence-corrected chi connectivity index (χ2v) is 8.22. The normalized spacial score (nSPS) is 12.7. The average Bonchev–Trinajstić information content (AvgIpc) is 2.76. The summed E-state index contributed by atoms with van der Waals surface area (Å²) in [5.74, 6) is 0.577. The highest BCUT2D eigenvalue weighted by atomic mass is 16.5. The summed E-state index contributed by atoms with van der Waals surface area (Å²) in [6, 6.07) is 13.3. The third kappa shape index (κ3) is 6.84. The van der Waals surface area contributed by atoms with Crippen molar-refractivity contribution in [1.82, 2.24) is 10.2 Å². The molecule has 0 aliphatic heterocycles. The van der Waals surface area contributed by atoms with E-state index in [1.165, 1.54) is 0 Å². The number of nitrogens with zero attached hydrogens (tertiary/aromatic N) is 1. The Kier molecular flexibility index (Phi) is 9.10. The van der Waals surface area contributed by atoms with Crippen LogP contribution in [0.4, 0.5) is 0 Å². The van der Waals surface area contributed by atoms with E-state index in [9.17, 15) is 9.59 Å². The summed E-state index contributed by atoms with van der Waals surface area (Å²) in [5.41, 5.74) is 4.13. The van der Waals surface area contributed by atoms with E-state index in [1.807, 2.05) is 71.0 Å². The van der Waals surface area contributed by atoms with Crippen LogP contribution in [-0.4, -0.2) is 35.9 Å². The van der Waals surface area contributed by atoms with Crippen molar-refractivity contribution in [1.29, 1.82) is 0 Å². The quantitative estimate of drug-likeness (QED) is 0.607. The van der Waals surface area contributed by atoms with Crippen molar-refractivity contribution < 1.29 is 14.3 Å². The summed E-state index contributed by atoms with van der Waals surface area (Å²) in [7, 11) is 1.62. The number of carbonyl (C=O) groups is 2. The van der Waals surface area contributed by atoms with Crippen LogP contribution in [0.15, 0.2) is 42.5 Å². The van der Waals surface area contributed by atoms with Crippen molar-refractivity contribution in [3.63, 3.8) is 0 Å². The summed E-state index contributed by atoms with van der Waals surface area (Å²) in [6.07, 6.45) is 1.66. The lowest BCUT2D eigenvalue weighted by molar-refractivity contribution is -0.141. The van der Waals surface area contributed by atoms with E-state index in [0.29, 0.717) is 13.0 Å². The maximum absolute atomic E-state index is 13.5. The van der Waals surface area contributed by atoms with Crippen LogP contribution in [0.25, 0.3) is 0 Å². The van der Waals surface area contributed by atoms with Crippen molar-refractivity contribution in [3.8, 4) is 5.75 Å². The monoisotopic (exact) mass is 424 g/mol. The molecule has 31 heavy (non-hydrogen) atoms. The molecule has 0 fully saturated rings. The van der Waals surface area contributed by atoms with Crippen LogP contribution in [0.3, 0.4) is 0 Å². The van der Waals surface area contributed by atoms with Crippen molar-refractivity contribution in [2.75, 3.05) is 7.11 Å². The first kappa shape index (κ1) is 24.4. The molecule has 5 nitrogen and oxygen atoms in total. The van der Waals surface area contributed by atoms with E-state index in [0.717, 1.165) is 34.4 Å². The zero-order valence-corrected chi connectivity index (χ0v) is 19.7. The van der Waals surface area contributed by atoms with Gasteiger partial charge in [0.2, 0.25) is 11.8 Å². The Balaban J connectivity index is 2.35. The number of rotatable bonds is 10. The van der Waals surface area contributed by atoms with E-state index < -0.39 is 6.04 Å². The van der Waals surface area contributed by atoms with Crippen molar-refractivity contribution in [2.24, 2.45) is 0 Å². The molecule has 0 saturated carbocycles. The fraction of sp³-hybridized carbons (Fsp3) is 0.462. The van der Waals surface area contributed by atoms with Crippen molar-refractivity contribution >= 4 is 11.8 Å². The minimum Gasteiger partial charge on any atom is -0.497 e. The average molecular weight is 425 g/mol. The maximum Gasteiger partial charge on any atom is 0.243 e. The molecule has 2 atom stereocenters. The van der Waals surface area contributed by atoms with Gasteiger partial charge in [-0.2, -0.15) is 0 Å². The number of aryl methyl sites for hydroxylation is 2. The van der Waals surface area contributed by atoms with E-state index in [-0.39, 0.29) is 24.3 Å². The van der Waals surface area contributed by atoms with Crippen LogP contribution < -0.4 is 10.1 Å². The molecule has 0 heterocycles. The molecule has 2 unspecified atom stereocenters. The van der Waals surface area contributed by atoms with Gasteiger partial charge >= 0.3 is 0 Å². The number of ether oxygens (including phenoxy) is 1. The summed E-state index contributed by atoms with van der Waals surface area (Å²) >= 11 is 0. The summed E-state index contributed by atoms with van der Waals surface area (Å²) in [6.45, 7) is 10.4. The van der Waals surface area contributed by atoms with Crippen molar-refractivity contribution in [2.45, 2.75) is 72.5 Å². The Morgan fingerprint density at radius 3 is 2.45 bits per heavy atom. The zero-order chi connectivity index (χ0) is 23.0. The largest absolute Gasteiger partial charge is 0.497 e. The summed E-state index contributed by atoms with van der Waals surface area (Å²) in [4.78, 5) is 28.3. The van der Waals surface area contributed by atoms with Gasteiger partial charge in [-0.1, -0.05) is 49.7 Å². The van der Waals surface area contributed by atoms with Gasteiger partial charge in [0.05, 0.1) is 13.5 Å². The lowest BCUT2D eigenvalue weighted by Gasteiger charge is -2.32. The van der Waals surface area contributed by atoms with E-state index in [1.54, 1.807) is 12.0 Å². The molecular formula is C26H36N2O3. The molecule has 168 valence electrons. The Morgan fingerprint density at radius 1 is 1.06 bits per heavy atom. The number of amides is 2. The highest BCUT2D eigenvalue weighted by molar-refractivity contribution is 5.88. The molecule has 2 amide bonds. The van der Waals surface area contributed by atoms with E-state index in [4.69, 9.17) is 4.74 Å². The predicted molar refractivity (Wildman–Crippen MR) is 125 cm³/mol. The molecule has 2 aromatic rings. The van der Waals surface area contributed by atoms with Crippen LogP contribution in [0.2, 0.25) is 0 Å². The van der Waals surface area contributed by atoms with Gasteiger partial charge in [-0.05, 0) is 62.4 Å². The van der Waals surface area contributed by atoms with Crippen LogP contribution in [0.1, 0.15) is 55.9 Å². The summed E-state index contributed by atoms with van der Waals surface area (Å²) < 4.78 is 5.34. The molecule has 0 spiro atoms. The molecule has 0 aliphatic carbocycles. The fourth-order valence-electron chi connectivity index (χ4n) is 3.58. The van der Waals surface area contributed by atoms with Crippen molar-refractivity contribution in [3.05, 3.63) is 64.7 Å². The molecule has 0 aliphatic rings. The third-order valence-corrected chi connectivity index (χ3v) is 5.72. The molecule has 0 saturated heterocycles. The van der Waals surface area contributed by atoms with Crippen LogP contribution in [-0.2, 0) is 22.6 Å². The second kappa shape index (κ2) is 11.5. The highest BCUT2D eigenvalue weighted by Crippen LogP contribution is 2.20. The Bertz CT molecular complexity index is 894. The van der Waals surface area contributed by atoms with Gasteiger partial charge in [0, 0.05) is 12.6 Å². The Labute approximate surface area is 186 Å².